The summed E-state index contributed by atoms with van der Waals surface area (Å²) in [5, 5.41) is 5.72. The Morgan fingerprint density at radius 2 is 2.05 bits per heavy atom. The smallest absolute Gasteiger partial charge is 0.315 e. The molecule has 2 N–H and O–H groups in total. The predicted octanol–water partition coefficient (Wildman–Crippen LogP) is 2.65. The molecule has 0 aliphatic rings. The molecule has 5 nitrogen and oxygen atoms in total. The van der Waals surface area contributed by atoms with E-state index in [1.54, 1.807) is 19.4 Å². The number of carbonyl (C=O) groups is 1. The molecule has 2 rings (SSSR count). The Labute approximate surface area is 124 Å². The molecule has 0 fully saturated rings. The number of benzene rings is 1. The summed E-state index contributed by atoms with van der Waals surface area (Å²) in [6.07, 6.45) is 1.65. The minimum Gasteiger partial charge on any atom is -0.481 e. The molecule has 0 unspecified atom stereocenters. The van der Waals surface area contributed by atoms with Gasteiger partial charge in [-0.3, -0.25) is 0 Å². The molecule has 1 aromatic heterocycles. The molecule has 5 heteroatoms. The van der Waals surface area contributed by atoms with E-state index in [4.69, 9.17) is 4.74 Å². The van der Waals surface area contributed by atoms with Crippen molar-refractivity contribution >= 4 is 6.03 Å². The van der Waals surface area contributed by atoms with Crippen molar-refractivity contribution in [1.29, 1.82) is 0 Å². The highest BCUT2D eigenvalue weighted by molar-refractivity contribution is 5.74. The van der Waals surface area contributed by atoms with Crippen LogP contribution in [0.3, 0.4) is 0 Å². The molecule has 2 amide bonds. The van der Waals surface area contributed by atoms with Gasteiger partial charge < -0.3 is 15.4 Å². The summed E-state index contributed by atoms with van der Waals surface area (Å²) in [7, 11) is 1.56. The summed E-state index contributed by atoms with van der Waals surface area (Å²) in [4.78, 5) is 15.9. The van der Waals surface area contributed by atoms with Crippen molar-refractivity contribution in [3.63, 3.8) is 0 Å². The standard InChI is InChI=1S/C16H19N3O2/c1-12(14-6-4-3-5-7-14)19-16(20)18-11-13-8-9-17-15(10-13)21-2/h3-10,12H,11H2,1-2H3,(H2,18,19,20)/t12-/m0/s1. The van der Waals surface area contributed by atoms with Gasteiger partial charge in [-0.15, -0.1) is 0 Å². The highest BCUT2D eigenvalue weighted by Crippen LogP contribution is 2.11. The van der Waals surface area contributed by atoms with Crippen LogP contribution in [0.1, 0.15) is 24.1 Å². The van der Waals surface area contributed by atoms with Crippen LogP contribution in [0.2, 0.25) is 0 Å². The number of carbonyl (C=O) groups excluding carboxylic acids is 1. The fourth-order valence-electron chi connectivity index (χ4n) is 1.93. The minimum atomic E-state index is -0.206. The normalized spacial score (nSPS) is 11.5. The molecule has 1 atom stereocenters. The number of ether oxygens (including phenoxy) is 1. The van der Waals surface area contributed by atoms with Crippen LogP contribution in [0, 0.1) is 0 Å². The number of nitrogens with one attached hydrogen (secondary N) is 2. The molecule has 0 saturated carbocycles. The maximum absolute atomic E-state index is 11.9. The van der Waals surface area contributed by atoms with Crippen LogP contribution in [0.5, 0.6) is 5.88 Å². The van der Waals surface area contributed by atoms with E-state index < -0.39 is 0 Å². The lowest BCUT2D eigenvalue weighted by Crippen LogP contribution is -2.36. The molecule has 0 radical (unpaired) electrons. The number of hydrogen-bond acceptors (Lipinski definition) is 3. The zero-order valence-corrected chi connectivity index (χ0v) is 12.2. The van der Waals surface area contributed by atoms with Crippen LogP contribution in [0.25, 0.3) is 0 Å². The number of hydrogen-bond donors (Lipinski definition) is 2. The van der Waals surface area contributed by atoms with Crippen molar-refractivity contribution < 1.29 is 9.53 Å². The molecule has 1 aromatic carbocycles. The molecule has 21 heavy (non-hydrogen) atoms. The Morgan fingerprint density at radius 3 is 2.76 bits per heavy atom. The molecule has 0 spiro atoms. The molecule has 0 saturated heterocycles. The van der Waals surface area contributed by atoms with E-state index >= 15 is 0 Å². The Morgan fingerprint density at radius 1 is 1.29 bits per heavy atom. The lowest BCUT2D eigenvalue weighted by atomic mass is 10.1. The van der Waals surface area contributed by atoms with Gasteiger partial charge in [-0.1, -0.05) is 30.3 Å². The summed E-state index contributed by atoms with van der Waals surface area (Å²) in [5.74, 6) is 0.535. The molecule has 0 aliphatic heterocycles. The Bertz CT molecular complexity index is 587. The maximum Gasteiger partial charge on any atom is 0.315 e. The topological polar surface area (TPSA) is 63.2 Å². The molecule has 110 valence electrons. The highest BCUT2D eigenvalue weighted by Gasteiger charge is 2.08. The van der Waals surface area contributed by atoms with Crippen LogP contribution < -0.4 is 15.4 Å². The average Bonchev–Trinajstić information content (AvgIpc) is 2.54. The van der Waals surface area contributed by atoms with Gasteiger partial charge in [0.2, 0.25) is 5.88 Å². The van der Waals surface area contributed by atoms with Gasteiger partial charge in [-0.05, 0) is 24.1 Å². The first-order chi connectivity index (χ1) is 10.2. The first-order valence-corrected chi connectivity index (χ1v) is 6.77. The van der Waals surface area contributed by atoms with Gasteiger partial charge in [-0.25, -0.2) is 9.78 Å². The number of nitrogens with zero attached hydrogens (tertiary/aromatic N) is 1. The first-order valence-electron chi connectivity index (χ1n) is 6.77. The van der Waals surface area contributed by atoms with Crippen LogP contribution in [-0.2, 0) is 6.54 Å². The fraction of sp³-hybridized carbons (Fsp3) is 0.250. The second kappa shape index (κ2) is 7.28. The summed E-state index contributed by atoms with van der Waals surface area (Å²) in [6.45, 7) is 2.37. The molecular formula is C16H19N3O2. The van der Waals surface area contributed by atoms with E-state index in [2.05, 4.69) is 15.6 Å². The lowest BCUT2D eigenvalue weighted by molar-refractivity contribution is 0.237. The highest BCUT2D eigenvalue weighted by atomic mass is 16.5. The maximum atomic E-state index is 11.9. The second-order valence-electron chi connectivity index (χ2n) is 4.67. The van der Waals surface area contributed by atoms with Gasteiger partial charge in [0.25, 0.3) is 0 Å². The number of aromatic nitrogens is 1. The van der Waals surface area contributed by atoms with Crippen molar-refractivity contribution in [3.05, 3.63) is 59.8 Å². The second-order valence-corrected chi connectivity index (χ2v) is 4.67. The summed E-state index contributed by atoms with van der Waals surface area (Å²) < 4.78 is 5.04. The van der Waals surface area contributed by atoms with Crippen LogP contribution in [0.15, 0.2) is 48.7 Å². The minimum absolute atomic E-state index is 0.0434. The van der Waals surface area contributed by atoms with Crippen LogP contribution >= 0.6 is 0 Å². The van der Waals surface area contributed by atoms with Crippen molar-refractivity contribution in [2.45, 2.75) is 19.5 Å². The summed E-state index contributed by atoms with van der Waals surface area (Å²) >= 11 is 0. The van der Waals surface area contributed by atoms with Gasteiger partial charge in [-0.2, -0.15) is 0 Å². The molecule has 0 aliphatic carbocycles. The van der Waals surface area contributed by atoms with E-state index in [1.165, 1.54) is 0 Å². The Balaban J connectivity index is 1.84. The number of amides is 2. The quantitative estimate of drug-likeness (QED) is 0.887. The van der Waals surface area contributed by atoms with Crippen molar-refractivity contribution in [1.82, 2.24) is 15.6 Å². The van der Waals surface area contributed by atoms with Gasteiger partial charge in [0, 0.05) is 18.8 Å². The monoisotopic (exact) mass is 285 g/mol. The van der Waals surface area contributed by atoms with Crippen LogP contribution in [0.4, 0.5) is 4.79 Å². The summed E-state index contributed by atoms with van der Waals surface area (Å²) in [5.41, 5.74) is 2.00. The number of rotatable bonds is 5. The molecule has 2 aromatic rings. The Kier molecular flexibility index (Phi) is 5.15. The van der Waals surface area contributed by atoms with Gasteiger partial charge in [0.15, 0.2) is 0 Å². The number of urea groups is 1. The fourth-order valence-corrected chi connectivity index (χ4v) is 1.93. The van der Waals surface area contributed by atoms with Gasteiger partial charge >= 0.3 is 6.03 Å². The zero-order valence-electron chi connectivity index (χ0n) is 12.2. The predicted molar refractivity (Wildman–Crippen MR) is 81.0 cm³/mol. The van der Waals surface area contributed by atoms with E-state index in [9.17, 15) is 4.79 Å². The number of methoxy groups -OCH3 is 1. The third-order valence-electron chi connectivity index (χ3n) is 3.11. The molecule has 0 bridgehead atoms. The van der Waals surface area contributed by atoms with E-state index in [1.807, 2.05) is 43.3 Å². The van der Waals surface area contributed by atoms with Crippen LogP contribution in [-0.4, -0.2) is 18.1 Å². The third-order valence-corrected chi connectivity index (χ3v) is 3.11. The third kappa shape index (κ3) is 4.49. The van der Waals surface area contributed by atoms with Gasteiger partial charge in [0.05, 0.1) is 13.2 Å². The zero-order chi connectivity index (χ0) is 15.1. The number of pyridine rings is 1. The van der Waals surface area contributed by atoms with E-state index in [0.717, 1.165) is 11.1 Å². The molecular weight excluding hydrogens is 266 g/mol. The average molecular weight is 285 g/mol. The van der Waals surface area contributed by atoms with Crippen molar-refractivity contribution in [2.75, 3.05) is 7.11 Å². The van der Waals surface area contributed by atoms with Crippen molar-refractivity contribution in [3.8, 4) is 5.88 Å². The Hall–Kier alpha value is -2.56. The van der Waals surface area contributed by atoms with Gasteiger partial charge in [0.1, 0.15) is 0 Å². The first kappa shape index (κ1) is 14.8. The summed E-state index contributed by atoms with van der Waals surface area (Å²) in [6, 6.07) is 13.2. The molecule has 1 heterocycles. The van der Waals surface area contributed by atoms with E-state index in [-0.39, 0.29) is 12.1 Å². The lowest BCUT2D eigenvalue weighted by Gasteiger charge is -2.15. The van der Waals surface area contributed by atoms with Crippen molar-refractivity contribution in [2.24, 2.45) is 0 Å². The van der Waals surface area contributed by atoms with E-state index in [0.29, 0.717) is 12.4 Å². The largest absolute Gasteiger partial charge is 0.481 e. The SMILES string of the molecule is COc1cc(CNC(=O)N[C@@H](C)c2ccccc2)ccn1.